The van der Waals surface area contributed by atoms with Crippen LogP contribution in [-0.4, -0.2) is 90.5 Å². The zero-order valence-electron chi connectivity index (χ0n) is 35.9. The molecule has 0 saturated carbocycles. The van der Waals surface area contributed by atoms with Gasteiger partial charge in [0.15, 0.2) is 5.82 Å². The fraction of sp³-hybridized carbons (Fsp3) is 0.400. The van der Waals surface area contributed by atoms with Gasteiger partial charge in [-0.2, -0.15) is 4.98 Å². The van der Waals surface area contributed by atoms with Crippen molar-refractivity contribution in [2.75, 3.05) is 35.6 Å². The molecule has 7 rings (SSSR count). The molecule has 1 aromatic heterocycles. The Morgan fingerprint density at radius 1 is 0.968 bits per heavy atom. The highest BCUT2D eigenvalue weighted by Crippen LogP contribution is 2.39. The molecule has 0 aliphatic carbocycles. The number of likely N-dealkylation sites (tertiary alicyclic amines) is 1. The number of hydrogen-bond donors (Lipinski definition) is 5. The van der Waals surface area contributed by atoms with Crippen molar-refractivity contribution in [1.29, 1.82) is 4.78 Å². The van der Waals surface area contributed by atoms with E-state index in [1.165, 1.54) is 17.8 Å². The standard InChI is InChI=1S/C45H52ClN9O7S/c1-25(2)62-36-23-30(27(5)22-34(36)51-45-48-24-31(46)41(53-45)50-32-11-6-7-13-37(32)63(47,61)26(3)4)28-17-20-54(21-18-28)19-9-14-38(56)49-33-12-8-10-29-40(33)44(60)55(43(29)59)35-15-16-39(57)52-42(35)58/h6-8,10-13,22-26,28,35,47H,9,14-21H2,1-5H3,(H,49,56)(H,52,57,58)(H2,48,50,51,53). The maximum absolute atomic E-state index is 13.4. The number of hydrogen-bond acceptors (Lipinski definition) is 13. The number of piperidine rings is 2. The van der Waals surface area contributed by atoms with E-state index in [9.17, 15) is 28.2 Å². The number of carbonyl (C=O) groups excluding carboxylic acids is 5. The number of nitrogens with one attached hydrogen (secondary N) is 5. The number of rotatable bonds is 15. The van der Waals surface area contributed by atoms with E-state index in [0.29, 0.717) is 40.8 Å². The Hall–Kier alpha value is -5.91. The van der Waals surface area contributed by atoms with Crippen LogP contribution in [0.2, 0.25) is 5.02 Å². The topological polar surface area (TPSA) is 216 Å². The number of nitrogens with zero attached hydrogens (tertiary/aromatic N) is 4. The van der Waals surface area contributed by atoms with Gasteiger partial charge in [0.1, 0.15) is 16.8 Å². The van der Waals surface area contributed by atoms with Crippen molar-refractivity contribution in [1.82, 2.24) is 25.1 Å². The van der Waals surface area contributed by atoms with Crippen LogP contribution in [0.15, 0.2) is 65.7 Å². The average molecular weight is 898 g/mol. The molecule has 332 valence electrons. The number of para-hydroxylation sites is 1. The first-order valence-electron chi connectivity index (χ1n) is 21.1. The van der Waals surface area contributed by atoms with Crippen molar-refractivity contribution >= 4 is 79.7 Å². The third kappa shape index (κ3) is 9.85. The molecule has 3 aliphatic heterocycles. The monoisotopic (exact) mass is 897 g/mol. The van der Waals surface area contributed by atoms with Gasteiger partial charge >= 0.3 is 0 Å². The summed E-state index contributed by atoms with van der Waals surface area (Å²) in [4.78, 5) is 76.5. The molecule has 18 heteroatoms. The van der Waals surface area contributed by atoms with Gasteiger partial charge < -0.3 is 25.6 Å². The Bertz CT molecular complexity index is 2580. The van der Waals surface area contributed by atoms with Gasteiger partial charge in [0, 0.05) is 18.1 Å². The fourth-order valence-corrected chi connectivity index (χ4v) is 9.58. The van der Waals surface area contributed by atoms with Crippen molar-refractivity contribution in [3.63, 3.8) is 0 Å². The third-order valence-corrected chi connectivity index (χ3v) is 14.1. The number of fused-ring (bicyclic) bond motifs is 1. The summed E-state index contributed by atoms with van der Waals surface area (Å²) in [5, 5.41) is 11.3. The summed E-state index contributed by atoms with van der Waals surface area (Å²) < 4.78 is 28.2. The number of amides is 5. The average Bonchev–Trinajstić information content (AvgIpc) is 3.49. The molecule has 63 heavy (non-hydrogen) atoms. The fourth-order valence-electron chi connectivity index (χ4n) is 8.21. The van der Waals surface area contributed by atoms with E-state index in [0.717, 1.165) is 36.4 Å². The number of ether oxygens (including phenoxy) is 1. The third-order valence-electron chi connectivity index (χ3n) is 11.5. The van der Waals surface area contributed by atoms with Gasteiger partial charge in [0.05, 0.1) is 55.1 Å². The second-order valence-corrected chi connectivity index (χ2v) is 19.6. The van der Waals surface area contributed by atoms with Crippen LogP contribution in [0.5, 0.6) is 5.75 Å². The van der Waals surface area contributed by atoms with Gasteiger partial charge in [-0.15, -0.1) is 0 Å². The van der Waals surface area contributed by atoms with Gasteiger partial charge in [-0.25, -0.2) is 14.0 Å². The van der Waals surface area contributed by atoms with E-state index in [4.69, 9.17) is 21.1 Å². The molecule has 5 N–H and O–H groups in total. The Morgan fingerprint density at radius 2 is 1.70 bits per heavy atom. The van der Waals surface area contributed by atoms with Crippen molar-refractivity contribution in [2.24, 2.45) is 0 Å². The normalized spacial score (nSPS) is 18.0. The van der Waals surface area contributed by atoms with Crippen LogP contribution >= 0.6 is 11.6 Å². The Morgan fingerprint density at radius 3 is 2.41 bits per heavy atom. The van der Waals surface area contributed by atoms with E-state index in [1.807, 2.05) is 19.9 Å². The Kier molecular flexibility index (Phi) is 13.5. The molecule has 0 bridgehead atoms. The zero-order chi connectivity index (χ0) is 45.2. The molecule has 3 aliphatic rings. The molecule has 4 aromatic rings. The van der Waals surface area contributed by atoms with Crippen LogP contribution in [-0.2, 0) is 24.1 Å². The molecule has 3 aromatic carbocycles. The number of halogens is 1. The predicted octanol–water partition coefficient (Wildman–Crippen LogP) is 7.53. The quantitative estimate of drug-likeness (QED) is 0.0733. The Labute approximate surface area is 371 Å². The van der Waals surface area contributed by atoms with Crippen molar-refractivity contribution < 1.29 is 32.9 Å². The molecule has 2 saturated heterocycles. The lowest BCUT2D eigenvalue weighted by Gasteiger charge is -2.33. The first-order valence-corrected chi connectivity index (χ1v) is 23.1. The summed E-state index contributed by atoms with van der Waals surface area (Å²) in [7, 11) is -3.10. The van der Waals surface area contributed by atoms with Gasteiger partial charge in [-0.1, -0.05) is 29.8 Å². The minimum Gasteiger partial charge on any atom is -0.489 e. The van der Waals surface area contributed by atoms with E-state index in [2.05, 4.69) is 49.1 Å². The van der Waals surface area contributed by atoms with Crippen LogP contribution in [0.4, 0.5) is 28.8 Å². The highest BCUT2D eigenvalue weighted by atomic mass is 35.5. The second kappa shape index (κ2) is 18.8. The number of carbonyl (C=O) groups is 5. The molecule has 2 atom stereocenters. The molecule has 0 radical (unpaired) electrons. The summed E-state index contributed by atoms with van der Waals surface area (Å²) in [6.07, 6.45) is 4.05. The second-order valence-electron chi connectivity index (χ2n) is 16.6. The van der Waals surface area contributed by atoms with Crippen LogP contribution < -0.4 is 26.0 Å². The highest BCUT2D eigenvalue weighted by molar-refractivity contribution is 7.93. The molecule has 2 unspecified atom stereocenters. The lowest BCUT2D eigenvalue weighted by Crippen LogP contribution is -2.54. The van der Waals surface area contributed by atoms with Crippen molar-refractivity contribution in [3.05, 3.63) is 88.1 Å². The van der Waals surface area contributed by atoms with E-state index < -0.39 is 44.6 Å². The minimum absolute atomic E-state index is 0.0186. The summed E-state index contributed by atoms with van der Waals surface area (Å²) in [5.41, 5.74) is 3.81. The van der Waals surface area contributed by atoms with E-state index >= 15 is 0 Å². The highest BCUT2D eigenvalue weighted by Gasteiger charge is 2.45. The number of aryl methyl sites for hydroxylation is 1. The van der Waals surface area contributed by atoms with Crippen LogP contribution in [0.25, 0.3) is 0 Å². The predicted molar refractivity (Wildman–Crippen MR) is 241 cm³/mol. The molecule has 16 nitrogen and oxygen atoms in total. The lowest BCUT2D eigenvalue weighted by atomic mass is 9.86. The summed E-state index contributed by atoms with van der Waals surface area (Å²) >= 11 is 6.53. The van der Waals surface area contributed by atoms with Crippen molar-refractivity contribution in [3.8, 4) is 5.75 Å². The number of anilines is 5. The lowest BCUT2D eigenvalue weighted by molar-refractivity contribution is -0.136. The van der Waals surface area contributed by atoms with Crippen LogP contribution in [0.3, 0.4) is 0 Å². The summed E-state index contributed by atoms with van der Waals surface area (Å²) in [6.45, 7) is 11.9. The molecule has 2 fully saturated rings. The Balaban J connectivity index is 0.952. The van der Waals surface area contributed by atoms with Crippen LogP contribution in [0.1, 0.15) is 104 Å². The van der Waals surface area contributed by atoms with Crippen LogP contribution in [0, 0.1) is 11.7 Å². The minimum atomic E-state index is -3.10. The molecular weight excluding hydrogens is 846 g/mol. The molecular formula is C45H52ClN9O7S. The van der Waals surface area contributed by atoms with Crippen molar-refractivity contribution in [2.45, 2.75) is 101 Å². The number of aromatic nitrogens is 2. The summed E-state index contributed by atoms with van der Waals surface area (Å²) in [5.74, 6) is -1.23. The van der Waals surface area contributed by atoms with Gasteiger partial charge in [-0.3, -0.25) is 34.2 Å². The smallest absolute Gasteiger partial charge is 0.264 e. The zero-order valence-corrected chi connectivity index (χ0v) is 37.5. The van der Waals surface area contributed by atoms with Gasteiger partial charge in [-0.05, 0) is 133 Å². The van der Waals surface area contributed by atoms with E-state index in [1.54, 1.807) is 50.2 Å². The van der Waals surface area contributed by atoms with Gasteiger partial charge in [0.25, 0.3) is 11.8 Å². The van der Waals surface area contributed by atoms with E-state index in [-0.39, 0.29) is 65.0 Å². The van der Waals surface area contributed by atoms with Gasteiger partial charge in [0.2, 0.25) is 23.7 Å². The maximum Gasteiger partial charge on any atom is 0.264 e. The first-order chi connectivity index (χ1) is 30.0. The number of benzene rings is 3. The summed E-state index contributed by atoms with van der Waals surface area (Å²) in [6, 6.07) is 14.6. The molecule has 4 heterocycles. The number of imide groups is 2. The largest absolute Gasteiger partial charge is 0.489 e. The SMILES string of the molecule is Cc1cc(Nc2ncc(Cl)c(Nc3ccccc3S(=N)(=O)C(C)C)n2)c(OC(C)C)cc1C1CCN(CCCC(=O)Nc2cccc3c2C(=O)N(C2CCC(=O)NC2=O)C3=O)CC1. The maximum atomic E-state index is 13.4. The molecule has 5 amide bonds. The molecule has 0 spiro atoms. The first kappa shape index (κ1) is 45.1.